The number of fused-ring (bicyclic) bond motifs is 3. The third-order valence-electron chi connectivity index (χ3n) is 4.03. The minimum atomic E-state index is -0.328. The first-order valence-corrected chi connectivity index (χ1v) is 9.57. The summed E-state index contributed by atoms with van der Waals surface area (Å²) in [7, 11) is 0. The number of carbonyl (C=O) groups is 1. The van der Waals surface area contributed by atoms with E-state index in [1.165, 1.54) is 12.1 Å². The number of benzene rings is 3. The van der Waals surface area contributed by atoms with E-state index in [2.05, 4.69) is 39.4 Å². The first-order chi connectivity index (χ1) is 12.6. The molecule has 1 aliphatic rings. The average Bonchev–Trinajstić information content (AvgIpc) is 2.63. The minimum absolute atomic E-state index is 0.155. The van der Waals surface area contributed by atoms with E-state index < -0.39 is 0 Å². The van der Waals surface area contributed by atoms with Gasteiger partial charge >= 0.3 is 0 Å². The Bertz CT molecular complexity index is 978. The van der Waals surface area contributed by atoms with Crippen molar-refractivity contribution in [2.24, 2.45) is 0 Å². The zero-order valence-corrected chi connectivity index (χ0v) is 16.0. The number of nitrogens with one attached hydrogen (secondary N) is 1. The zero-order valence-electron chi connectivity index (χ0n) is 13.6. The molecule has 130 valence electrons. The van der Waals surface area contributed by atoms with Gasteiger partial charge in [0, 0.05) is 20.6 Å². The number of hydrogen-bond donors (Lipinski definition) is 1. The van der Waals surface area contributed by atoms with Crippen LogP contribution in [0.3, 0.4) is 0 Å². The first-order valence-electron chi connectivity index (χ1n) is 8.00. The van der Waals surface area contributed by atoms with Crippen molar-refractivity contribution in [1.82, 2.24) is 0 Å². The summed E-state index contributed by atoms with van der Waals surface area (Å²) in [5.74, 6) is -0.483. The summed E-state index contributed by atoms with van der Waals surface area (Å²) < 4.78 is 16.0. The Morgan fingerprint density at radius 3 is 2.62 bits per heavy atom. The number of rotatable bonds is 3. The van der Waals surface area contributed by atoms with E-state index in [1.54, 1.807) is 24.1 Å². The lowest BCUT2D eigenvalue weighted by Crippen LogP contribution is -2.29. The fraction of sp³-hybridized carbons (Fsp3) is 0.0500. The van der Waals surface area contributed by atoms with Gasteiger partial charge < -0.3 is 9.62 Å². The van der Waals surface area contributed by atoms with Crippen LogP contribution < -0.4 is 9.62 Å². The van der Waals surface area contributed by atoms with Crippen LogP contribution in [0.5, 0.6) is 0 Å². The van der Waals surface area contributed by atoms with Crippen molar-refractivity contribution in [3.8, 4) is 11.1 Å². The summed E-state index contributed by atoms with van der Waals surface area (Å²) in [4.78, 5) is 13.6. The third-order valence-corrected chi connectivity index (χ3v) is 5.62. The van der Waals surface area contributed by atoms with Crippen molar-refractivity contribution in [2.45, 2.75) is 4.90 Å². The molecule has 0 bridgehead atoms. The molecule has 0 radical (unpaired) electrons. The topological polar surface area (TPSA) is 32.3 Å². The molecule has 0 aliphatic carbocycles. The maximum atomic E-state index is 13.0. The van der Waals surface area contributed by atoms with Gasteiger partial charge in [-0.25, -0.2) is 4.39 Å². The molecule has 26 heavy (non-hydrogen) atoms. The number of carbonyl (C=O) groups excluding carboxylic acids is 1. The van der Waals surface area contributed by atoms with Crippen molar-refractivity contribution in [3.05, 3.63) is 77.0 Å². The molecule has 6 heteroatoms. The van der Waals surface area contributed by atoms with E-state index in [1.807, 2.05) is 28.6 Å². The van der Waals surface area contributed by atoms with Gasteiger partial charge in [0.2, 0.25) is 5.91 Å². The molecule has 1 amide bonds. The van der Waals surface area contributed by atoms with Crippen molar-refractivity contribution < 1.29 is 9.18 Å². The molecule has 0 spiro atoms. The lowest BCUT2D eigenvalue weighted by Gasteiger charge is -2.31. The summed E-state index contributed by atoms with van der Waals surface area (Å²) in [5, 5.41) is 2.81. The number of nitrogens with zero attached hydrogens (tertiary/aromatic N) is 1. The summed E-state index contributed by atoms with van der Waals surface area (Å²) in [6.45, 7) is 0.186. The van der Waals surface area contributed by atoms with Crippen LogP contribution in [0.4, 0.5) is 15.8 Å². The second-order valence-corrected chi connectivity index (χ2v) is 7.82. The summed E-state index contributed by atoms with van der Waals surface area (Å²) in [6.07, 6.45) is 0. The molecular weight excluding hydrogens is 415 g/mol. The maximum absolute atomic E-state index is 13.0. The number of halogens is 2. The Morgan fingerprint density at radius 2 is 1.81 bits per heavy atom. The van der Waals surface area contributed by atoms with Crippen molar-refractivity contribution >= 4 is 45.2 Å². The second-order valence-electron chi connectivity index (χ2n) is 5.84. The van der Waals surface area contributed by atoms with Crippen LogP contribution in [0, 0.1) is 5.82 Å². The molecule has 0 aromatic heterocycles. The second kappa shape index (κ2) is 7.13. The summed E-state index contributed by atoms with van der Waals surface area (Å²) in [6, 6.07) is 20.0. The third kappa shape index (κ3) is 3.48. The van der Waals surface area contributed by atoms with Crippen LogP contribution in [-0.4, -0.2) is 12.5 Å². The van der Waals surface area contributed by atoms with Gasteiger partial charge in [0.05, 0.1) is 5.69 Å². The fourth-order valence-corrected chi connectivity index (χ4v) is 4.31. The molecule has 1 N–H and O–H groups in total. The Morgan fingerprint density at radius 1 is 1.04 bits per heavy atom. The molecule has 3 nitrogen and oxygen atoms in total. The first kappa shape index (κ1) is 17.1. The minimum Gasteiger partial charge on any atom is -0.325 e. The molecule has 4 rings (SSSR count). The Labute approximate surface area is 163 Å². The van der Waals surface area contributed by atoms with E-state index in [0.717, 1.165) is 26.2 Å². The van der Waals surface area contributed by atoms with Gasteiger partial charge in [-0.05, 0) is 66.0 Å². The molecule has 0 saturated heterocycles. The molecule has 0 fully saturated rings. The molecule has 1 heterocycles. The highest BCUT2D eigenvalue weighted by Gasteiger charge is 2.24. The molecule has 0 atom stereocenters. The Kier molecular flexibility index (Phi) is 4.70. The average molecular weight is 429 g/mol. The number of amides is 1. The standard InChI is InChI=1S/C20H14BrFN2OS/c21-13-5-10-18-17(11-13)16-3-1-2-4-19(16)26-24(18)12-20(25)23-15-8-6-14(22)7-9-15/h1-11H,12H2,(H,23,25). The van der Waals surface area contributed by atoms with Gasteiger partial charge in [-0.1, -0.05) is 34.1 Å². The van der Waals surface area contributed by atoms with Crippen molar-refractivity contribution in [2.75, 3.05) is 16.2 Å². The molecule has 1 aliphatic heterocycles. The smallest absolute Gasteiger partial charge is 0.244 e. The highest BCUT2D eigenvalue weighted by atomic mass is 79.9. The summed E-state index contributed by atoms with van der Waals surface area (Å²) >= 11 is 5.07. The lowest BCUT2D eigenvalue weighted by molar-refractivity contribution is -0.114. The van der Waals surface area contributed by atoms with Crippen LogP contribution >= 0.6 is 27.9 Å². The normalized spacial score (nSPS) is 12.3. The van der Waals surface area contributed by atoms with Gasteiger partial charge in [0.1, 0.15) is 12.4 Å². The van der Waals surface area contributed by atoms with Gasteiger partial charge in [0.15, 0.2) is 0 Å². The van der Waals surface area contributed by atoms with E-state index in [0.29, 0.717) is 5.69 Å². The van der Waals surface area contributed by atoms with Crippen LogP contribution in [0.1, 0.15) is 0 Å². The van der Waals surface area contributed by atoms with E-state index in [9.17, 15) is 9.18 Å². The number of anilines is 2. The van der Waals surface area contributed by atoms with Crippen LogP contribution in [0.2, 0.25) is 0 Å². The zero-order chi connectivity index (χ0) is 18.1. The fourth-order valence-electron chi connectivity index (χ4n) is 2.86. The van der Waals surface area contributed by atoms with Gasteiger partial charge in [0.25, 0.3) is 0 Å². The molecular formula is C20H14BrFN2OS. The maximum Gasteiger partial charge on any atom is 0.244 e. The Balaban J connectivity index is 1.59. The van der Waals surface area contributed by atoms with Gasteiger partial charge in [-0.3, -0.25) is 4.79 Å². The predicted molar refractivity (Wildman–Crippen MR) is 108 cm³/mol. The highest BCUT2D eigenvalue weighted by molar-refractivity contribution is 9.10. The quantitative estimate of drug-likeness (QED) is 0.541. The number of hydrogen-bond acceptors (Lipinski definition) is 3. The molecule has 0 unspecified atom stereocenters. The monoisotopic (exact) mass is 428 g/mol. The van der Waals surface area contributed by atoms with Crippen LogP contribution in [0.15, 0.2) is 76.1 Å². The molecule has 3 aromatic carbocycles. The SMILES string of the molecule is O=C(CN1Sc2ccccc2-c2cc(Br)ccc21)Nc1ccc(F)cc1. The van der Waals surface area contributed by atoms with E-state index >= 15 is 0 Å². The highest BCUT2D eigenvalue weighted by Crippen LogP contribution is 2.46. The molecule has 3 aromatic rings. The van der Waals surface area contributed by atoms with Gasteiger partial charge in [-0.2, -0.15) is 0 Å². The molecule has 0 saturated carbocycles. The van der Waals surface area contributed by atoms with Crippen LogP contribution in [0.25, 0.3) is 11.1 Å². The lowest BCUT2D eigenvalue weighted by atomic mass is 10.0. The largest absolute Gasteiger partial charge is 0.325 e. The van der Waals surface area contributed by atoms with E-state index in [-0.39, 0.29) is 18.3 Å². The van der Waals surface area contributed by atoms with Crippen molar-refractivity contribution in [3.63, 3.8) is 0 Å². The predicted octanol–water partition coefficient (Wildman–Crippen LogP) is 5.72. The summed E-state index contributed by atoms with van der Waals surface area (Å²) in [5.41, 5.74) is 3.81. The van der Waals surface area contributed by atoms with Crippen molar-refractivity contribution in [1.29, 1.82) is 0 Å². The van der Waals surface area contributed by atoms with E-state index in [4.69, 9.17) is 0 Å². The van der Waals surface area contributed by atoms with Gasteiger partial charge in [-0.15, -0.1) is 0 Å². The Hall–Kier alpha value is -2.31. The van der Waals surface area contributed by atoms with Crippen LogP contribution in [-0.2, 0) is 4.79 Å².